The van der Waals surface area contributed by atoms with E-state index in [2.05, 4.69) is 10.6 Å². The fourth-order valence-electron chi connectivity index (χ4n) is 2.42. The lowest BCUT2D eigenvalue weighted by Gasteiger charge is -2.23. The van der Waals surface area contributed by atoms with E-state index < -0.39 is 0 Å². The van der Waals surface area contributed by atoms with Crippen molar-refractivity contribution in [2.24, 2.45) is 5.92 Å². The molecule has 0 spiro atoms. The second-order valence-corrected chi connectivity index (χ2v) is 4.86. The standard InChI is InChI=1S/C12H22N2O2.ClH/c15-12(7-10-4-5-13-8-10)14-9-11-3-1-2-6-16-11;/h10-11,13H,1-9H2,(H,14,15);1H. The first-order valence-electron chi connectivity index (χ1n) is 6.43. The second-order valence-electron chi connectivity index (χ2n) is 4.86. The third kappa shape index (κ3) is 5.23. The molecule has 2 unspecified atom stereocenters. The fourth-order valence-corrected chi connectivity index (χ4v) is 2.42. The number of carbonyl (C=O) groups is 1. The summed E-state index contributed by atoms with van der Waals surface area (Å²) in [5.41, 5.74) is 0. The van der Waals surface area contributed by atoms with Crippen molar-refractivity contribution in [2.75, 3.05) is 26.2 Å². The molecule has 17 heavy (non-hydrogen) atoms. The molecule has 2 N–H and O–H groups in total. The summed E-state index contributed by atoms with van der Waals surface area (Å²) in [6, 6.07) is 0. The van der Waals surface area contributed by atoms with Gasteiger partial charge in [-0.2, -0.15) is 0 Å². The minimum absolute atomic E-state index is 0. The normalized spacial score (nSPS) is 28.5. The summed E-state index contributed by atoms with van der Waals surface area (Å²) in [6.45, 7) is 3.60. The van der Waals surface area contributed by atoms with E-state index in [0.717, 1.165) is 39.0 Å². The van der Waals surface area contributed by atoms with Crippen molar-refractivity contribution in [2.45, 2.75) is 38.2 Å². The van der Waals surface area contributed by atoms with Crippen LogP contribution in [-0.4, -0.2) is 38.3 Å². The maximum Gasteiger partial charge on any atom is 0.220 e. The van der Waals surface area contributed by atoms with Crippen LogP contribution in [0.4, 0.5) is 0 Å². The molecule has 0 aromatic heterocycles. The molecule has 4 nitrogen and oxygen atoms in total. The summed E-state index contributed by atoms with van der Waals surface area (Å²) in [6.07, 6.45) is 5.53. The number of halogens is 1. The van der Waals surface area contributed by atoms with E-state index in [4.69, 9.17) is 4.74 Å². The predicted octanol–water partition coefficient (Wildman–Crippen LogP) is 1.09. The van der Waals surface area contributed by atoms with Crippen molar-refractivity contribution in [3.63, 3.8) is 0 Å². The molecule has 0 aromatic carbocycles. The zero-order valence-corrected chi connectivity index (χ0v) is 11.1. The van der Waals surface area contributed by atoms with E-state index in [1.165, 1.54) is 6.42 Å². The Morgan fingerprint density at radius 2 is 2.24 bits per heavy atom. The Kier molecular flexibility index (Phi) is 6.85. The number of amides is 1. The van der Waals surface area contributed by atoms with Gasteiger partial charge in [-0.05, 0) is 44.7 Å². The van der Waals surface area contributed by atoms with Crippen LogP contribution in [0.15, 0.2) is 0 Å². The van der Waals surface area contributed by atoms with Crippen LogP contribution in [-0.2, 0) is 9.53 Å². The van der Waals surface area contributed by atoms with Crippen LogP contribution in [0.5, 0.6) is 0 Å². The summed E-state index contributed by atoms with van der Waals surface area (Å²) in [5.74, 6) is 0.718. The Hall–Kier alpha value is -0.320. The lowest BCUT2D eigenvalue weighted by atomic mass is 10.0. The highest BCUT2D eigenvalue weighted by Gasteiger charge is 2.19. The molecule has 2 heterocycles. The molecular formula is C12H23ClN2O2. The summed E-state index contributed by atoms with van der Waals surface area (Å²) in [4.78, 5) is 11.6. The lowest BCUT2D eigenvalue weighted by Crippen LogP contribution is -2.36. The first kappa shape index (κ1) is 14.7. The molecule has 2 saturated heterocycles. The van der Waals surface area contributed by atoms with Crippen LogP contribution in [0.2, 0.25) is 0 Å². The first-order chi connectivity index (χ1) is 7.84. The van der Waals surface area contributed by atoms with E-state index >= 15 is 0 Å². The second kappa shape index (κ2) is 7.90. The Balaban J connectivity index is 0.00000144. The highest BCUT2D eigenvalue weighted by atomic mass is 35.5. The highest BCUT2D eigenvalue weighted by molar-refractivity contribution is 5.85. The van der Waals surface area contributed by atoms with Gasteiger partial charge < -0.3 is 15.4 Å². The molecule has 2 fully saturated rings. The molecule has 2 aliphatic rings. The Morgan fingerprint density at radius 3 is 2.88 bits per heavy atom. The lowest BCUT2D eigenvalue weighted by molar-refractivity contribution is -0.122. The third-order valence-electron chi connectivity index (χ3n) is 3.44. The van der Waals surface area contributed by atoms with Gasteiger partial charge >= 0.3 is 0 Å². The van der Waals surface area contributed by atoms with Gasteiger partial charge in [-0.1, -0.05) is 0 Å². The first-order valence-corrected chi connectivity index (χ1v) is 6.43. The van der Waals surface area contributed by atoms with Crippen molar-refractivity contribution in [3.8, 4) is 0 Å². The van der Waals surface area contributed by atoms with Gasteiger partial charge in [-0.15, -0.1) is 12.4 Å². The van der Waals surface area contributed by atoms with Crippen molar-refractivity contribution in [3.05, 3.63) is 0 Å². The van der Waals surface area contributed by atoms with Crippen LogP contribution in [0, 0.1) is 5.92 Å². The SMILES string of the molecule is Cl.O=C(CC1CCNC1)NCC1CCCCO1. The molecule has 0 saturated carbocycles. The number of hydrogen-bond donors (Lipinski definition) is 2. The average molecular weight is 263 g/mol. The summed E-state index contributed by atoms with van der Waals surface area (Å²) < 4.78 is 5.57. The van der Waals surface area contributed by atoms with Gasteiger partial charge in [0, 0.05) is 19.6 Å². The van der Waals surface area contributed by atoms with Crippen LogP contribution in [0.25, 0.3) is 0 Å². The molecule has 0 aliphatic carbocycles. The zero-order valence-electron chi connectivity index (χ0n) is 10.2. The molecule has 5 heteroatoms. The van der Waals surface area contributed by atoms with E-state index in [0.29, 0.717) is 18.9 Å². The molecule has 1 amide bonds. The Labute approximate surface area is 109 Å². The van der Waals surface area contributed by atoms with Gasteiger partial charge in [0.1, 0.15) is 0 Å². The Morgan fingerprint density at radius 1 is 1.35 bits per heavy atom. The van der Waals surface area contributed by atoms with E-state index in [1.807, 2.05) is 0 Å². The van der Waals surface area contributed by atoms with Crippen LogP contribution >= 0.6 is 12.4 Å². The minimum atomic E-state index is 0. The molecule has 0 radical (unpaired) electrons. The summed E-state index contributed by atoms with van der Waals surface area (Å²) in [5, 5.41) is 6.27. The van der Waals surface area contributed by atoms with Gasteiger partial charge in [0.05, 0.1) is 6.10 Å². The van der Waals surface area contributed by atoms with E-state index in [1.54, 1.807) is 0 Å². The molecule has 100 valence electrons. The van der Waals surface area contributed by atoms with E-state index in [-0.39, 0.29) is 24.4 Å². The van der Waals surface area contributed by atoms with E-state index in [9.17, 15) is 4.79 Å². The number of hydrogen-bond acceptors (Lipinski definition) is 3. The number of ether oxygens (including phenoxy) is 1. The summed E-state index contributed by atoms with van der Waals surface area (Å²) >= 11 is 0. The average Bonchev–Trinajstić information content (AvgIpc) is 2.81. The van der Waals surface area contributed by atoms with Crippen molar-refractivity contribution in [1.29, 1.82) is 0 Å². The minimum Gasteiger partial charge on any atom is -0.376 e. The van der Waals surface area contributed by atoms with Crippen molar-refractivity contribution in [1.82, 2.24) is 10.6 Å². The third-order valence-corrected chi connectivity index (χ3v) is 3.44. The number of carbonyl (C=O) groups excluding carboxylic acids is 1. The van der Waals surface area contributed by atoms with Gasteiger partial charge in [-0.3, -0.25) is 4.79 Å². The molecule has 2 aliphatic heterocycles. The predicted molar refractivity (Wildman–Crippen MR) is 69.4 cm³/mol. The molecule has 2 rings (SSSR count). The van der Waals surface area contributed by atoms with Crippen LogP contribution in [0.1, 0.15) is 32.1 Å². The maximum atomic E-state index is 11.6. The van der Waals surface area contributed by atoms with Gasteiger partial charge in [0.2, 0.25) is 5.91 Å². The van der Waals surface area contributed by atoms with Crippen LogP contribution < -0.4 is 10.6 Å². The highest BCUT2D eigenvalue weighted by Crippen LogP contribution is 2.13. The largest absolute Gasteiger partial charge is 0.376 e. The molecule has 0 bridgehead atoms. The Bertz CT molecular complexity index is 227. The van der Waals surface area contributed by atoms with Gasteiger partial charge in [0.15, 0.2) is 0 Å². The quantitative estimate of drug-likeness (QED) is 0.798. The maximum absolute atomic E-state index is 11.6. The number of rotatable bonds is 4. The van der Waals surface area contributed by atoms with Crippen molar-refractivity contribution >= 4 is 18.3 Å². The monoisotopic (exact) mass is 262 g/mol. The topological polar surface area (TPSA) is 50.4 Å². The molecule has 0 aromatic rings. The zero-order chi connectivity index (χ0) is 11.2. The smallest absolute Gasteiger partial charge is 0.220 e. The van der Waals surface area contributed by atoms with Crippen LogP contribution in [0.3, 0.4) is 0 Å². The number of nitrogens with one attached hydrogen (secondary N) is 2. The molecule has 2 atom stereocenters. The van der Waals surface area contributed by atoms with Gasteiger partial charge in [-0.25, -0.2) is 0 Å². The van der Waals surface area contributed by atoms with Crippen molar-refractivity contribution < 1.29 is 9.53 Å². The van der Waals surface area contributed by atoms with Gasteiger partial charge in [0.25, 0.3) is 0 Å². The fraction of sp³-hybridized carbons (Fsp3) is 0.917. The summed E-state index contributed by atoms with van der Waals surface area (Å²) in [7, 11) is 0. The molecular weight excluding hydrogens is 240 g/mol.